The van der Waals surface area contributed by atoms with Gasteiger partial charge in [0.25, 0.3) is 5.91 Å². The van der Waals surface area contributed by atoms with E-state index >= 15 is 0 Å². The predicted octanol–water partition coefficient (Wildman–Crippen LogP) is 5.15. The summed E-state index contributed by atoms with van der Waals surface area (Å²) in [6, 6.07) is 6.02. The van der Waals surface area contributed by atoms with Gasteiger partial charge >= 0.3 is 0 Å². The second kappa shape index (κ2) is 9.24. The Bertz CT molecular complexity index is 1010. The number of carbonyl (C=O) groups excluding carboxylic acids is 1. The van der Waals surface area contributed by atoms with Crippen LogP contribution in [0.15, 0.2) is 47.4 Å². The van der Waals surface area contributed by atoms with E-state index in [4.69, 9.17) is 17.3 Å². The molecule has 3 rings (SSSR count). The number of nitrogens with two attached hydrogens (primary N) is 1. The summed E-state index contributed by atoms with van der Waals surface area (Å²) in [5.74, 6) is -5.11. The lowest BCUT2D eigenvalue weighted by molar-refractivity contribution is 0.0143. The first-order chi connectivity index (χ1) is 14.5. The minimum atomic E-state index is -1.60. The Kier molecular flexibility index (Phi) is 7.05. The molecule has 31 heavy (non-hydrogen) atoms. The van der Waals surface area contributed by atoms with E-state index in [2.05, 4.69) is 11.9 Å². The summed E-state index contributed by atoms with van der Waals surface area (Å²) in [4.78, 5) is 13.2. The van der Waals surface area contributed by atoms with Crippen molar-refractivity contribution in [3.63, 3.8) is 0 Å². The van der Waals surface area contributed by atoms with Crippen LogP contribution in [0.5, 0.6) is 0 Å². The van der Waals surface area contributed by atoms with Crippen molar-refractivity contribution in [1.82, 2.24) is 0 Å². The van der Waals surface area contributed by atoms with Crippen LogP contribution in [0.2, 0.25) is 5.02 Å². The third-order valence-electron chi connectivity index (χ3n) is 5.56. The maximum absolute atomic E-state index is 13.4. The molecule has 0 spiro atoms. The molecule has 0 heterocycles. The SMILES string of the molecule is C=C1C[C@H](Sc2cc(C(=O)Nc3cc(F)c(F)c(F)c3)ccc2Cl)CC(C)[C@@]1(O)CN. The highest BCUT2D eigenvalue weighted by Gasteiger charge is 2.41. The monoisotopic (exact) mass is 470 g/mol. The van der Waals surface area contributed by atoms with Crippen LogP contribution in [-0.4, -0.2) is 28.4 Å². The number of carbonyl (C=O) groups is 1. The van der Waals surface area contributed by atoms with Gasteiger partial charge < -0.3 is 16.2 Å². The van der Waals surface area contributed by atoms with Gasteiger partial charge in [0.1, 0.15) is 5.60 Å². The number of rotatable bonds is 5. The molecule has 2 aromatic rings. The van der Waals surface area contributed by atoms with Crippen LogP contribution in [-0.2, 0) is 0 Å². The first kappa shape index (κ1) is 23.7. The highest BCUT2D eigenvalue weighted by atomic mass is 35.5. The number of anilines is 1. The number of halogens is 4. The molecular weight excluding hydrogens is 449 g/mol. The molecule has 0 saturated heterocycles. The lowest BCUT2D eigenvalue weighted by atomic mass is 9.73. The third kappa shape index (κ3) is 4.92. The quantitative estimate of drug-likeness (QED) is 0.417. The number of hydrogen-bond acceptors (Lipinski definition) is 4. The molecule has 1 amide bonds. The molecule has 1 aliphatic rings. The first-order valence-corrected chi connectivity index (χ1v) is 10.8. The minimum Gasteiger partial charge on any atom is -0.384 e. The summed E-state index contributed by atoms with van der Waals surface area (Å²) in [5, 5.41) is 13.5. The summed E-state index contributed by atoms with van der Waals surface area (Å²) in [6.45, 7) is 6.00. The molecule has 0 bridgehead atoms. The van der Waals surface area contributed by atoms with E-state index in [1.807, 2.05) is 6.92 Å². The summed E-state index contributed by atoms with van der Waals surface area (Å²) in [7, 11) is 0. The fourth-order valence-corrected chi connectivity index (χ4v) is 5.31. The summed E-state index contributed by atoms with van der Waals surface area (Å²) >= 11 is 7.77. The number of amides is 1. The lowest BCUT2D eigenvalue weighted by Crippen LogP contribution is -2.49. The topological polar surface area (TPSA) is 75.3 Å². The smallest absolute Gasteiger partial charge is 0.255 e. The summed E-state index contributed by atoms with van der Waals surface area (Å²) in [6.07, 6.45) is 1.22. The molecule has 0 radical (unpaired) electrons. The zero-order chi connectivity index (χ0) is 22.9. The number of aliphatic hydroxyl groups is 1. The third-order valence-corrected chi connectivity index (χ3v) is 7.28. The van der Waals surface area contributed by atoms with Crippen LogP contribution in [0.3, 0.4) is 0 Å². The average molecular weight is 471 g/mol. The number of benzene rings is 2. The Balaban J connectivity index is 1.76. The van der Waals surface area contributed by atoms with E-state index in [1.54, 1.807) is 12.1 Å². The summed E-state index contributed by atoms with van der Waals surface area (Å²) < 4.78 is 39.9. The largest absolute Gasteiger partial charge is 0.384 e. The van der Waals surface area contributed by atoms with Gasteiger partial charge in [0.15, 0.2) is 17.5 Å². The van der Waals surface area contributed by atoms with E-state index < -0.39 is 29.0 Å². The maximum Gasteiger partial charge on any atom is 0.255 e. The second-order valence-electron chi connectivity index (χ2n) is 7.67. The Morgan fingerprint density at radius 2 is 1.97 bits per heavy atom. The molecule has 2 aromatic carbocycles. The van der Waals surface area contributed by atoms with E-state index in [9.17, 15) is 23.1 Å². The zero-order valence-electron chi connectivity index (χ0n) is 16.7. The van der Waals surface area contributed by atoms with Crippen LogP contribution < -0.4 is 11.1 Å². The zero-order valence-corrected chi connectivity index (χ0v) is 18.3. The molecular formula is C22H22ClF3N2O2S. The first-order valence-electron chi connectivity index (χ1n) is 9.58. The molecule has 0 aromatic heterocycles. The van der Waals surface area contributed by atoms with Crippen molar-refractivity contribution in [2.75, 3.05) is 11.9 Å². The fourth-order valence-electron chi connectivity index (χ4n) is 3.65. The molecule has 0 aliphatic heterocycles. The Morgan fingerprint density at radius 1 is 1.32 bits per heavy atom. The van der Waals surface area contributed by atoms with Crippen molar-refractivity contribution in [1.29, 1.82) is 0 Å². The lowest BCUT2D eigenvalue weighted by Gasteiger charge is -2.42. The van der Waals surface area contributed by atoms with Gasteiger partial charge in [-0.05, 0) is 42.5 Å². The Hall–Kier alpha value is -2.00. The van der Waals surface area contributed by atoms with Crippen molar-refractivity contribution in [2.24, 2.45) is 11.7 Å². The molecule has 4 N–H and O–H groups in total. The molecule has 1 fully saturated rings. The average Bonchev–Trinajstić information content (AvgIpc) is 2.71. The molecule has 3 atom stereocenters. The Morgan fingerprint density at radius 3 is 2.55 bits per heavy atom. The maximum atomic E-state index is 13.4. The highest BCUT2D eigenvalue weighted by Crippen LogP contribution is 2.44. The molecule has 1 saturated carbocycles. The van der Waals surface area contributed by atoms with Crippen LogP contribution in [0.1, 0.15) is 30.1 Å². The van der Waals surface area contributed by atoms with Crippen LogP contribution in [0.25, 0.3) is 0 Å². The van der Waals surface area contributed by atoms with Gasteiger partial charge in [-0.15, -0.1) is 11.8 Å². The highest BCUT2D eigenvalue weighted by molar-refractivity contribution is 8.00. The number of hydrogen-bond donors (Lipinski definition) is 3. The van der Waals surface area contributed by atoms with E-state index in [0.29, 0.717) is 40.5 Å². The van der Waals surface area contributed by atoms with Gasteiger partial charge in [-0.2, -0.15) is 0 Å². The van der Waals surface area contributed by atoms with Gasteiger partial charge in [-0.25, -0.2) is 13.2 Å². The van der Waals surface area contributed by atoms with Crippen LogP contribution >= 0.6 is 23.4 Å². The molecule has 4 nitrogen and oxygen atoms in total. The fraction of sp³-hybridized carbons (Fsp3) is 0.318. The normalized spacial score (nSPS) is 23.6. The van der Waals surface area contributed by atoms with Crippen molar-refractivity contribution >= 4 is 35.0 Å². The van der Waals surface area contributed by atoms with Crippen molar-refractivity contribution < 1.29 is 23.1 Å². The molecule has 1 unspecified atom stereocenters. The Labute approximate surface area is 187 Å². The van der Waals surface area contributed by atoms with E-state index in [0.717, 1.165) is 0 Å². The van der Waals surface area contributed by atoms with Crippen LogP contribution in [0.4, 0.5) is 18.9 Å². The van der Waals surface area contributed by atoms with Crippen LogP contribution in [0, 0.1) is 23.4 Å². The van der Waals surface area contributed by atoms with Crippen molar-refractivity contribution in [3.05, 3.63) is 70.5 Å². The van der Waals surface area contributed by atoms with Gasteiger partial charge in [-0.1, -0.05) is 25.1 Å². The standard InChI is InChI=1S/C22H22ClF3N2O2S/c1-11-5-15(6-12(2)22(11,30)10-27)31-19-7-13(3-4-16(19)23)21(29)28-14-8-17(24)20(26)18(25)9-14/h3-4,7-9,12,15,30H,1,5-6,10,27H2,2H3,(H,28,29)/t12?,15-,22+/m0/s1. The number of thioether (sulfide) groups is 1. The van der Waals surface area contributed by atoms with E-state index in [1.165, 1.54) is 17.8 Å². The summed E-state index contributed by atoms with van der Waals surface area (Å²) in [5.41, 5.74) is 5.32. The molecule has 9 heteroatoms. The van der Waals surface area contributed by atoms with Crippen molar-refractivity contribution in [3.8, 4) is 0 Å². The van der Waals surface area contributed by atoms with Gasteiger partial charge in [0.2, 0.25) is 0 Å². The van der Waals surface area contributed by atoms with E-state index in [-0.39, 0.29) is 29.0 Å². The molecule has 1 aliphatic carbocycles. The van der Waals surface area contributed by atoms with Gasteiger partial charge in [0, 0.05) is 40.1 Å². The minimum absolute atomic E-state index is 0.0745. The van der Waals surface area contributed by atoms with Crippen molar-refractivity contribution in [2.45, 2.75) is 35.5 Å². The number of nitrogens with one attached hydrogen (secondary N) is 1. The second-order valence-corrected chi connectivity index (χ2v) is 9.42. The van der Waals surface area contributed by atoms with Gasteiger partial charge in [-0.3, -0.25) is 4.79 Å². The predicted molar refractivity (Wildman–Crippen MR) is 117 cm³/mol. The van der Waals surface area contributed by atoms with Gasteiger partial charge in [0.05, 0.1) is 5.02 Å². The molecule has 166 valence electrons.